The molecule has 2 saturated heterocycles. The Hall–Kier alpha value is -3.99. The SMILES string of the molecule is C[C@H]1[C@H](c2ccccc2)OC(=O)[C@@H]2[C@H]3C(=O)N(CCCCO)[C@H](C(=O)N(c4ccc(Cl)cc4)C/C=C\CCC(=O)N1C)[C@]31C=C[C@H]2O1. The number of nitrogens with zero attached hydrogens (tertiary/aromatic N) is 3. The summed E-state index contributed by atoms with van der Waals surface area (Å²) in [6.45, 7) is 2.16. The Kier molecular flexibility index (Phi) is 9.55. The fourth-order valence-corrected chi connectivity index (χ4v) is 7.47. The highest BCUT2D eigenvalue weighted by molar-refractivity contribution is 6.30. The highest BCUT2D eigenvalue weighted by Crippen LogP contribution is 2.56. The zero-order valence-corrected chi connectivity index (χ0v) is 27.3. The number of unbranched alkanes of at least 4 members (excludes halogenated alkanes) is 1. The van der Waals surface area contributed by atoms with Gasteiger partial charge in [-0.3, -0.25) is 19.2 Å². The lowest BCUT2D eigenvalue weighted by molar-refractivity contribution is -0.164. The van der Waals surface area contributed by atoms with Crippen LogP contribution < -0.4 is 4.90 Å². The molecule has 1 spiro atoms. The van der Waals surface area contributed by atoms with Crippen LogP contribution in [0.5, 0.6) is 0 Å². The van der Waals surface area contributed by atoms with Gasteiger partial charge in [-0.2, -0.15) is 0 Å². The minimum Gasteiger partial charge on any atom is -0.455 e. The third-order valence-electron chi connectivity index (χ3n) is 9.88. The molecule has 47 heavy (non-hydrogen) atoms. The predicted octanol–water partition coefficient (Wildman–Crippen LogP) is 4.08. The molecule has 1 N–H and O–H groups in total. The fourth-order valence-electron chi connectivity index (χ4n) is 7.35. The lowest BCUT2D eigenvalue weighted by Gasteiger charge is -2.36. The Morgan fingerprint density at radius 2 is 1.72 bits per heavy atom. The number of halogens is 1. The quantitative estimate of drug-likeness (QED) is 0.282. The van der Waals surface area contributed by atoms with Gasteiger partial charge < -0.3 is 29.3 Å². The first-order valence-corrected chi connectivity index (χ1v) is 16.6. The van der Waals surface area contributed by atoms with Gasteiger partial charge in [0.15, 0.2) is 0 Å². The Bertz CT molecular complexity index is 1560. The van der Waals surface area contributed by atoms with Crippen LogP contribution in [0.3, 0.4) is 0 Å². The number of allylic oxidation sites excluding steroid dienone is 1. The number of carbonyl (C=O) groups excluding carboxylic acids is 4. The third kappa shape index (κ3) is 5.98. The molecule has 11 heteroatoms. The van der Waals surface area contributed by atoms with Gasteiger partial charge in [-0.15, -0.1) is 0 Å². The second-order valence-electron chi connectivity index (χ2n) is 12.6. The summed E-state index contributed by atoms with van der Waals surface area (Å²) < 4.78 is 12.8. The van der Waals surface area contributed by atoms with E-state index in [9.17, 15) is 24.3 Å². The van der Waals surface area contributed by atoms with E-state index >= 15 is 0 Å². The summed E-state index contributed by atoms with van der Waals surface area (Å²) in [6.07, 6.45) is 7.23. The summed E-state index contributed by atoms with van der Waals surface area (Å²) in [5.74, 6) is -3.45. The number of hydrogen-bond acceptors (Lipinski definition) is 7. The molecule has 0 radical (unpaired) electrons. The molecular weight excluding hydrogens is 622 g/mol. The molecule has 4 aliphatic heterocycles. The van der Waals surface area contributed by atoms with Gasteiger partial charge in [0.2, 0.25) is 11.8 Å². The van der Waals surface area contributed by atoms with Crippen molar-refractivity contribution in [2.75, 3.05) is 31.6 Å². The maximum absolute atomic E-state index is 14.8. The van der Waals surface area contributed by atoms with Crippen molar-refractivity contribution in [2.45, 2.75) is 62.5 Å². The summed E-state index contributed by atoms with van der Waals surface area (Å²) >= 11 is 6.18. The molecular formula is C36H40ClN3O7. The average molecular weight is 662 g/mol. The molecule has 10 nitrogen and oxygen atoms in total. The molecule has 0 aliphatic carbocycles. The maximum Gasteiger partial charge on any atom is 0.313 e. The smallest absolute Gasteiger partial charge is 0.313 e. The molecule has 0 saturated carbocycles. The van der Waals surface area contributed by atoms with E-state index in [0.717, 1.165) is 5.56 Å². The molecule has 4 heterocycles. The number of anilines is 1. The summed E-state index contributed by atoms with van der Waals surface area (Å²) in [5, 5.41) is 10.0. The van der Waals surface area contributed by atoms with Crippen molar-refractivity contribution in [2.24, 2.45) is 11.8 Å². The standard InChI is InChI=1S/C36H40ClN3O7/c1-23-31(24-11-5-3-6-12-24)46-35(45)29-27-18-19-36(47-27)30(29)33(43)40(21-9-10-22-41)32(36)34(44)39(26-16-14-25(37)15-17-26)20-8-4-7-13-28(42)38(23)2/h3-6,8,11-12,14-19,23,27,29-32,41H,7,9-10,13,20-22H2,1-2H3/b8-4-/t23-,27+,29-,30-,31+,32+,36-/m0/s1. The minimum atomic E-state index is -1.38. The van der Waals surface area contributed by atoms with E-state index in [1.54, 1.807) is 53.3 Å². The molecule has 2 aromatic carbocycles. The van der Waals surface area contributed by atoms with E-state index in [1.807, 2.05) is 49.4 Å². The number of aliphatic hydroxyl groups excluding tert-OH is 1. The van der Waals surface area contributed by atoms with E-state index in [4.69, 9.17) is 21.1 Å². The van der Waals surface area contributed by atoms with E-state index in [0.29, 0.717) is 30.0 Å². The second kappa shape index (κ2) is 13.6. The molecule has 6 rings (SSSR count). The van der Waals surface area contributed by atoms with Crippen molar-refractivity contribution in [3.05, 3.63) is 89.5 Å². The Morgan fingerprint density at radius 1 is 0.979 bits per heavy atom. The number of benzene rings is 2. The van der Waals surface area contributed by atoms with E-state index in [2.05, 4.69) is 0 Å². The number of likely N-dealkylation sites (tertiary alicyclic amines) is 1. The van der Waals surface area contributed by atoms with Gasteiger partial charge in [0.1, 0.15) is 23.7 Å². The zero-order valence-electron chi connectivity index (χ0n) is 26.5. The number of likely N-dealkylation sites (N-methyl/N-ethyl adjacent to an activating group) is 1. The molecule has 3 amide bonds. The summed E-state index contributed by atoms with van der Waals surface area (Å²) in [5.41, 5.74) is -0.0902. The number of aliphatic hydroxyl groups is 1. The van der Waals surface area contributed by atoms with Crippen molar-refractivity contribution in [3.8, 4) is 0 Å². The molecule has 248 valence electrons. The highest BCUT2D eigenvalue weighted by atomic mass is 35.5. The number of ether oxygens (including phenoxy) is 2. The molecule has 0 aromatic heterocycles. The first-order valence-electron chi connectivity index (χ1n) is 16.2. The van der Waals surface area contributed by atoms with Crippen molar-refractivity contribution >= 4 is 41.0 Å². The predicted molar refractivity (Wildman–Crippen MR) is 175 cm³/mol. The molecule has 7 atom stereocenters. The first-order chi connectivity index (χ1) is 22.7. The minimum absolute atomic E-state index is 0.0552. The number of cyclic esters (lactones) is 1. The van der Waals surface area contributed by atoms with Gasteiger partial charge in [0, 0.05) is 43.9 Å². The number of amides is 3. The van der Waals surface area contributed by atoms with Crippen LogP contribution in [0, 0.1) is 11.8 Å². The Balaban J connectivity index is 1.44. The molecule has 2 fully saturated rings. The van der Waals surface area contributed by atoms with Crippen LogP contribution >= 0.6 is 11.6 Å². The van der Waals surface area contributed by atoms with Crippen LogP contribution in [-0.4, -0.2) is 89.1 Å². The summed E-state index contributed by atoms with van der Waals surface area (Å²) in [7, 11) is 1.70. The van der Waals surface area contributed by atoms with E-state index in [-0.39, 0.29) is 43.8 Å². The zero-order chi connectivity index (χ0) is 33.3. The normalized spacial score (nSPS) is 31.8. The van der Waals surface area contributed by atoms with Crippen molar-refractivity contribution in [3.63, 3.8) is 0 Å². The Labute approximate surface area is 279 Å². The summed E-state index contributed by atoms with van der Waals surface area (Å²) in [4.78, 5) is 61.4. The lowest BCUT2D eigenvalue weighted by atomic mass is 9.74. The van der Waals surface area contributed by atoms with E-state index < -0.39 is 47.7 Å². The number of carbonyl (C=O) groups is 4. The van der Waals surface area contributed by atoms with Crippen LogP contribution in [-0.2, 0) is 28.7 Å². The molecule has 0 unspecified atom stereocenters. The lowest BCUT2D eigenvalue weighted by Crippen LogP contribution is -2.56. The van der Waals surface area contributed by atoms with Gasteiger partial charge in [-0.25, -0.2) is 0 Å². The average Bonchev–Trinajstić information content (AvgIpc) is 3.72. The monoisotopic (exact) mass is 661 g/mol. The van der Waals surface area contributed by atoms with Crippen LogP contribution in [0.2, 0.25) is 5.02 Å². The number of esters is 1. The van der Waals surface area contributed by atoms with E-state index in [1.165, 1.54) is 4.90 Å². The van der Waals surface area contributed by atoms with Gasteiger partial charge in [-0.05, 0) is 56.0 Å². The van der Waals surface area contributed by atoms with Gasteiger partial charge in [0.05, 0.1) is 18.1 Å². The molecule has 2 aromatic rings. The van der Waals surface area contributed by atoms with Crippen LogP contribution in [0.1, 0.15) is 44.3 Å². The van der Waals surface area contributed by atoms with Crippen LogP contribution in [0.25, 0.3) is 0 Å². The third-order valence-corrected chi connectivity index (χ3v) is 10.1. The van der Waals surface area contributed by atoms with Gasteiger partial charge in [0.25, 0.3) is 5.91 Å². The Morgan fingerprint density at radius 3 is 2.45 bits per heavy atom. The second-order valence-corrected chi connectivity index (χ2v) is 13.0. The van der Waals surface area contributed by atoms with Gasteiger partial charge >= 0.3 is 5.97 Å². The van der Waals surface area contributed by atoms with Crippen molar-refractivity contribution in [1.29, 1.82) is 0 Å². The van der Waals surface area contributed by atoms with Crippen LogP contribution in [0.15, 0.2) is 78.9 Å². The summed E-state index contributed by atoms with van der Waals surface area (Å²) in [6, 6.07) is 14.5. The van der Waals surface area contributed by atoms with Crippen molar-refractivity contribution in [1.82, 2.24) is 9.80 Å². The first kappa shape index (κ1) is 32.9. The molecule has 4 aliphatic rings. The van der Waals surface area contributed by atoms with Crippen molar-refractivity contribution < 1.29 is 33.8 Å². The number of rotatable bonds is 6. The topological polar surface area (TPSA) is 117 Å². The van der Waals surface area contributed by atoms with Crippen LogP contribution in [0.4, 0.5) is 5.69 Å². The largest absolute Gasteiger partial charge is 0.455 e. The number of hydrogen-bond donors (Lipinski definition) is 1. The van der Waals surface area contributed by atoms with Gasteiger partial charge in [-0.1, -0.05) is 66.2 Å². The number of fused-ring (bicyclic) bond motifs is 2. The highest BCUT2D eigenvalue weighted by Gasteiger charge is 2.73. The molecule has 5 bridgehead atoms. The fraction of sp³-hybridized carbons (Fsp3) is 0.444. The maximum atomic E-state index is 14.8.